The number of ether oxygens (including phenoxy) is 1. The van der Waals surface area contributed by atoms with E-state index < -0.39 is 0 Å². The van der Waals surface area contributed by atoms with Crippen LogP contribution in [0.2, 0.25) is 0 Å². The second kappa shape index (κ2) is 7.86. The summed E-state index contributed by atoms with van der Waals surface area (Å²) in [4.78, 5) is 26.7. The Labute approximate surface area is 141 Å². The monoisotopic (exact) mass is 326 g/mol. The molecule has 0 aliphatic carbocycles. The third-order valence-electron chi connectivity index (χ3n) is 4.23. The highest BCUT2D eigenvalue weighted by molar-refractivity contribution is 5.78. The second-order valence-electron chi connectivity index (χ2n) is 5.96. The number of amides is 1. The van der Waals surface area contributed by atoms with Crippen LogP contribution in [0.3, 0.4) is 0 Å². The largest absolute Gasteiger partial charge is 0.460 e. The SMILES string of the molecule is CCc1cnc(OC2CCN(C(=O)Cc3cccnc3)CC2)nc1. The molecule has 0 aromatic carbocycles. The van der Waals surface area contributed by atoms with Gasteiger partial charge in [0.2, 0.25) is 5.91 Å². The molecule has 0 bridgehead atoms. The van der Waals surface area contributed by atoms with E-state index in [2.05, 4.69) is 21.9 Å². The molecule has 0 unspecified atom stereocenters. The zero-order valence-electron chi connectivity index (χ0n) is 13.9. The standard InChI is InChI=1S/C18H22N4O2/c1-2-14-12-20-18(21-13-14)24-16-5-8-22(9-6-16)17(23)10-15-4-3-7-19-11-15/h3-4,7,11-13,16H,2,5-6,8-10H2,1H3. The van der Waals surface area contributed by atoms with Crippen molar-refractivity contribution in [1.29, 1.82) is 0 Å². The predicted octanol–water partition coefficient (Wildman–Crippen LogP) is 2.05. The minimum absolute atomic E-state index is 0.0694. The Morgan fingerprint density at radius 3 is 2.58 bits per heavy atom. The van der Waals surface area contributed by atoms with Crippen LogP contribution in [0, 0.1) is 0 Å². The summed E-state index contributed by atoms with van der Waals surface area (Å²) in [6.45, 7) is 3.48. The third kappa shape index (κ3) is 4.28. The number of aromatic nitrogens is 3. The lowest BCUT2D eigenvalue weighted by atomic mass is 10.1. The van der Waals surface area contributed by atoms with Gasteiger partial charge in [-0.05, 0) is 23.6 Å². The van der Waals surface area contributed by atoms with Gasteiger partial charge in [-0.2, -0.15) is 0 Å². The number of nitrogens with zero attached hydrogens (tertiary/aromatic N) is 4. The fraction of sp³-hybridized carbons (Fsp3) is 0.444. The van der Waals surface area contributed by atoms with Gasteiger partial charge in [-0.1, -0.05) is 13.0 Å². The van der Waals surface area contributed by atoms with Crippen LogP contribution in [0.4, 0.5) is 0 Å². The molecule has 0 atom stereocenters. The van der Waals surface area contributed by atoms with Gasteiger partial charge in [0.15, 0.2) is 0 Å². The first-order valence-corrected chi connectivity index (χ1v) is 8.39. The van der Waals surface area contributed by atoms with E-state index in [1.165, 1.54) is 0 Å². The highest BCUT2D eigenvalue weighted by atomic mass is 16.5. The Kier molecular flexibility index (Phi) is 5.36. The Hall–Kier alpha value is -2.50. The number of aryl methyl sites for hydroxylation is 1. The van der Waals surface area contributed by atoms with Gasteiger partial charge in [0.05, 0.1) is 6.42 Å². The molecule has 0 N–H and O–H groups in total. The molecule has 2 aromatic heterocycles. The van der Waals surface area contributed by atoms with E-state index in [-0.39, 0.29) is 12.0 Å². The van der Waals surface area contributed by atoms with Crippen LogP contribution in [-0.4, -0.2) is 45.0 Å². The van der Waals surface area contributed by atoms with Crippen LogP contribution in [0.1, 0.15) is 30.9 Å². The minimum Gasteiger partial charge on any atom is -0.460 e. The Morgan fingerprint density at radius 2 is 1.96 bits per heavy atom. The first-order valence-electron chi connectivity index (χ1n) is 8.39. The van der Waals surface area contributed by atoms with Crippen LogP contribution in [0.5, 0.6) is 6.01 Å². The fourth-order valence-electron chi connectivity index (χ4n) is 2.75. The lowest BCUT2D eigenvalue weighted by Crippen LogP contribution is -2.42. The van der Waals surface area contributed by atoms with Crippen molar-refractivity contribution >= 4 is 5.91 Å². The molecule has 126 valence electrons. The van der Waals surface area contributed by atoms with E-state index in [4.69, 9.17) is 4.74 Å². The summed E-state index contributed by atoms with van der Waals surface area (Å²) in [6, 6.07) is 4.21. The van der Waals surface area contributed by atoms with Crippen molar-refractivity contribution in [3.05, 3.63) is 48.0 Å². The third-order valence-corrected chi connectivity index (χ3v) is 4.23. The summed E-state index contributed by atoms with van der Waals surface area (Å²) >= 11 is 0. The first kappa shape index (κ1) is 16.4. The summed E-state index contributed by atoms with van der Waals surface area (Å²) in [7, 11) is 0. The summed E-state index contributed by atoms with van der Waals surface area (Å²) in [5.41, 5.74) is 2.04. The summed E-state index contributed by atoms with van der Waals surface area (Å²) < 4.78 is 5.83. The quantitative estimate of drug-likeness (QED) is 0.841. The molecule has 0 spiro atoms. The number of likely N-dealkylation sites (tertiary alicyclic amines) is 1. The summed E-state index contributed by atoms with van der Waals surface area (Å²) in [5, 5.41) is 0. The number of piperidine rings is 1. The van der Waals surface area contributed by atoms with Crippen LogP contribution >= 0.6 is 0 Å². The Bertz CT molecular complexity index is 652. The van der Waals surface area contributed by atoms with Gasteiger partial charge in [0.25, 0.3) is 0 Å². The first-order chi connectivity index (χ1) is 11.7. The van der Waals surface area contributed by atoms with Crippen molar-refractivity contribution < 1.29 is 9.53 Å². The van der Waals surface area contributed by atoms with Crippen molar-refractivity contribution in [2.45, 2.75) is 38.7 Å². The molecule has 24 heavy (non-hydrogen) atoms. The van der Waals surface area contributed by atoms with E-state index in [9.17, 15) is 4.79 Å². The molecule has 0 saturated carbocycles. The Morgan fingerprint density at radius 1 is 1.21 bits per heavy atom. The molecule has 2 aromatic rings. The smallest absolute Gasteiger partial charge is 0.316 e. The van der Waals surface area contributed by atoms with E-state index in [0.717, 1.165) is 30.4 Å². The highest BCUT2D eigenvalue weighted by Crippen LogP contribution is 2.17. The zero-order valence-corrected chi connectivity index (χ0v) is 13.9. The fourth-order valence-corrected chi connectivity index (χ4v) is 2.75. The molecule has 6 nitrogen and oxygen atoms in total. The minimum atomic E-state index is 0.0694. The van der Waals surface area contributed by atoms with Crippen LogP contribution < -0.4 is 4.74 Å². The number of carbonyl (C=O) groups excluding carboxylic acids is 1. The normalized spacial score (nSPS) is 15.3. The molecular formula is C18H22N4O2. The number of rotatable bonds is 5. The summed E-state index contributed by atoms with van der Waals surface area (Å²) in [5.74, 6) is 0.144. The van der Waals surface area contributed by atoms with E-state index >= 15 is 0 Å². The number of hydrogen-bond donors (Lipinski definition) is 0. The molecule has 1 aliphatic rings. The number of carbonyl (C=O) groups is 1. The van der Waals surface area contributed by atoms with Crippen molar-refractivity contribution in [2.24, 2.45) is 0 Å². The maximum absolute atomic E-state index is 12.3. The summed E-state index contributed by atoms with van der Waals surface area (Å²) in [6.07, 6.45) is 10.1. The van der Waals surface area contributed by atoms with Gasteiger partial charge < -0.3 is 9.64 Å². The number of pyridine rings is 1. The lowest BCUT2D eigenvalue weighted by molar-refractivity contribution is -0.132. The number of hydrogen-bond acceptors (Lipinski definition) is 5. The van der Waals surface area contributed by atoms with E-state index in [0.29, 0.717) is 25.5 Å². The van der Waals surface area contributed by atoms with E-state index in [1.807, 2.05) is 17.0 Å². The van der Waals surface area contributed by atoms with Crippen LogP contribution in [0.25, 0.3) is 0 Å². The molecule has 3 rings (SSSR count). The average molecular weight is 326 g/mol. The highest BCUT2D eigenvalue weighted by Gasteiger charge is 2.24. The molecule has 1 fully saturated rings. The molecule has 0 radical (unpaired) electrons. The molecular weight excluding hydrogens is 304 g/mol. The van der Waals surface area contributed by atoms with Crippen LogP contribution in [-0.2, 0) is 17.6 Å². The second-order valence-corrected chi connectivity index (χ2v) is 5.96. The van der Waals surface area contributed by atoms with Gasteiger partial charge >= 0.3 is 6.01 Å². The maximum atomic E-state index is 12.3. The van der Waals surface area contributed by atoms with E-state index in [1.54, 1.807) is 24.8 Å². The Balaban J connectivity index is 1.47. The zero-order chi connectivity index (χ0) is 16.8. The van der Waals surface area contributed by atoms with Gasteiger partial charge in [0.1, 0.15) is 6.10 Å². The van der Waals surface area contributed by atoms with Crippen LogP contribution in [0.15, 0.2) is 36.9 Å². The van der Waals surface area contributed by atoms with Crippen molar-refractivity contribution in [3.63, 3.8) is 0 Å². The molecule has 1 aliphatic heterocycles. The van der Waals surface area contributed by atoms with Crippen molar-refractivity contribution in [2.75, 3.05) is 13.1 Å². The molecule has 1 amide bonds. The van der Waals surface area contributed by atoms with Gasteiger partial charge in [0, 0.05) is 50.7 Å². The predicted molar refractivity (Wildman–Crippen MR) is 89.6 cm³/mol. The maximum Gasteiger partial charge on any atom is 0.316 e. The lowest BCUT2D eigenvalue weighted by Gasteiger charge is -2.31. The topological polar surface area (TPSA) is 68.2 Å². The van der Waals surface area contributed by atoms with Gasteiger partial charge in [-0.15, -0.1) is 0 Å². The van der Waals surface area contributed by atoms with Crippen molar-refractivity contribution in [1.82, 2.24) is 19.9 Å². The van der Waals surface area contributed by atoms with Crippen molar-refractivity contribution in [3.8, 4) is 6.01 Å². The van der Waals surface area contributed by atoms with Gasteiger partial charge in [-0.3, -0.25) is 9.78 Å². The van der Waals surface area contributed by atoms with Gasteiger partial charge in [-0.25, -0.2) is 9.97 Å². The average Bonchev–Trinajstić information content (AvgIpc) is 2.64. The molecule has 3 heterocycles. The molecule has 6 heteroatoms. The molecule has 1 saturated heterocycles.